The van der Waals surface area contributed by atoms with Gasteiger partial charge in [-0.25, -0.2) is 4.98 Å². The van der Waals surface area contributed by atoms with E-state index in [0.717, 1.165) is 16.4 Å². The highest BCUT2D eigenvalue weighted by atomic mass is 32.1. The minimum atomic E-state index is -0.634. The number of aryl methyl sites for hydroxylation is 2. The lowest BCUT2D eigenvalue weighted by molar-refractivity contribution is 0.0852. The number of hydrogen-bond donors (Lipinski definition) is 3. The Bertz CT molecular complexity index is 1000. The van der Waals surface area contributed by atoms with Gasteiger partial charge in [-0.3, -0.25) is 4.79 Å². The van der Waals surface area contributed by atoms with Crippen LogP contribution < -0.4 is 15.4 Å². The van der Waals surface area contributed by atoms with Crippen molar-refractivity contribution in [1.82, 2.24) is 15.6 Å². The Kier molecular flexibility index (Phi) is 5.09. The molecule has 1 saturated heterocycles. The molecular weight excluding hydrogens is 378 g/mol. The van der Waals surface area contributed by atoms with Crippen molar-refractivity contribution in [3.8, 4) is 5.75 Å². The number of rotatable bonds is 6. The fraction of sp³-hybridized carbons (Fsp3) is 0.400. The maximum absolute atomic E-state index is 13.0. The highest BCUT2D eigenvalue weighted by Gasteiger charge is 2.36. The number of hydrogen-bond acceptors (Lipinski definition) is 7. The molecule has 1 atom stereocenters. The topological polar surface area (TPSA) is 96.6 Å². The van der Waals surface area contributed by atoms with E-state index in [1.165, 1.54) is 0 Å². The van der Waals surface area contributed by atoms with Gasteiger partial charge in [0, 0.05) is 18.1 Å². The molecule has 4 rings (SSSR count). The summed E-state index contributed by atoms with van der Waals surface area (Å²) in [6.45, 7) is 5.36. The van der Waals surface area contributed by atoms with E-state index in [-0.39, 0.29) is 12.5 Å². The van der Waals surface area contributed by atoms with Crippen LogP contribution >= 0.6 is 11.3 Å². The van der Waals surface area contributed by atoms with Crippen LogP contribution in [0.1, 0.15) is 32.4 Å². The lowest BCUT2D eigenvalue weighted by atomic mass is 9.98. The summed E-state index contributed by atoms with van der Waals surface area (Å²) >= 11 is 1.59. The smallest absolute Gasteiger partial charge is 0.256 e. The van der Waals surface area contributed by atoms with E-state index in [4.69, 9.17) is 9.15 Å². The Morgan fingerprint density at radius 1 is 1.46 bits per heavy atom. The molecule has 0 bridgehead atoms. The van der Waals surface area contributed by atoms with E-state index in [0.29, 0.717) is 47.6 Å². The van der Waals surface area contributed by atoms with Crippen LogP contribution in [0.4, 0.5) is 0 Å². The molecule has 28 heavy (non-hydrogen) atoms. The van der Waals surface area contributed by atoms with Crippen molar-refractivity contribution in [2.24, 2.45) is 0 Å². The number of ether oxygens (including phenoxy) is 1. The van der Waals surface area contributed by atoms with E-state index >= 15 is 0 Å². The fourth-order valence-electron chi connectivity index (χ4n) is 3.53. The molecule has 1 aromatic carbocycles. The number of aliphatic hydroxyl groups excluding tert-OH is 1. The lowest BCUT2D eigenvalue weighted by Gasteiger charge is -2.27. The number of thiazole rings is 1. The summed E-state index contributed by atoms with van der Waals surface area (Å²) < 4.78 is 11.6. The summed E-state index contributed by atoms with van der Waals surface area (Å²) in [4.78, 5) is 18.3. The third kappa shape index (κ3) is 3.63. The lowest BCUT2D eigenvalue weighted by Crippen LogP contribution is -2.53. The molecule has 0 aliphatic carbocycles. The van der Waals surface area contributed by atoms with Crippen molar-refractivity contribution in [2.45, 2.75) is 32.4 Å². The molecule has 7 nitrogen and oxygen atoms in total. The summed E-state index contributed by atoms with van der Waals surface area (Å²) in [5.41, 5.74) is 0.477. The summed E-state index contributed by atoms with van der Waals surface area (Å²) in [6, 6.07) is 5.47. The van der Waals surface area contributed by atoms with Crippen LogP contribution in [0.5, 0.6) is 5.75 Å². The third-order valence-electron chi connectivity index (χ3n) is 5.04. The van der Waals surface area contributed by atoms with Gasteiger partial charge in [0.2, 0.25) is 0 Å². The molecule has 1 unspecified atom stereocenters. The Morgan fingerprint density at radius 3 is 3.00 bits per heavy atom. The number of furan rings is 1. The molecule has 8 heteroatoms. The molecule has 3 aromatic rings. The number of aliphatic hydroxyl groups is 1. The van der Waals surface area contributed by atoms with Crippen LogP contribution in [0.2, 0.25) is 0 Å². The number of carbonyl (C=O) groups is 1. The molecular formula is C20H23N3O4S. The van der Waals surface area contributed by atoms with E-state index in [1.54, 1.807) is 18.3 Å². The van der Waals surface area contributed by atoms with Crippen LogP contribution in [0, 0.1) is 13.8 Å². The summed E-state index contributed by atoms with van der Waals surface area (Å²) in [6.07, 6.45) is 2.50. The molecule has 2 aromatic heterocycles. The Morgan fingerprint density at radius 2 is 2.32 bits per heavy atom. The van der Waals surface area contributed by atoms with Gasteiger partial charge < -0.3 is 24.9 Å². The van der Waals surface area contributed by atoms with Gasteiger partial charge in [0.05, 0.1) is 27.6 Å². The van der Waals surface area contributed by atoms with Crippen LogP contribution in [-0.4, -0.2) is 41.2 Å². The average molecular weight is 401 g/mol. The first kappa shape index (κ1) is 18.9. The van der Waals surface area contributed by atoms with Gasteiger partial charge in [0.1, 0.15) is 23.7 Å². The number of fused-ring (bicyclic) bond motifs is 1. The van der Waals surface area contributed by atoms with Crippen molar-refractivity contribution in [3.05, 3.63) is 45.6 Å². The fourth-order valence-corrected chi connectivity index (χ4v) is 4.23. The molecule has 1 aliphatic heterocycles. The molecule has 0 saturated carbocycles. The van der Waals surface area contributed by atoms with Gasteiger partial charge in [-0.1, -0.05) is 0 Å². The minimum absolute atomic E-state index is 0.108. The van der Waals surface area contributed by atoms with Gasteiger partial charge in [0.15, 0.2) is 0 Å². The summed E-state index contributed by atoms with van der Waals surface area (Å²) in [5.74, 6) is 0.957. The first-order valence-corrected chi connectivity index (χ1v) is 10.0. The molecule has 1 amide bonds. The number of carbonyl (C=O) groups excluding carboxylic acids is 1. The van der Waals surface area contributed by atoms with Crippen LogP contribution in [0.3, 0.4) is 0 Å². The van der Waals surface area contributed by atoms with E-state index < -0.39 is 5.54 Å². The SMILES string of the molecule is Cc1ncc(COc2ccc3oc(C)c(C(=O)NC4(CO)CCNC4)c3c2)s1. The normalized spacial score (nSPS) is 19.2. The Labute approximate surface area is 166 Å². The largest absolute Gasteiger partial charge is 0.488 e. The van der Waals surface area contributed by atoms with Crippen molar-refractivity contribution < 1.29 is 19.1 Å². The standard InChI is InChI=1S/C20H23N3O4S/c1-12-18(19(25)23-20(11-24)5-6-21-10-20)16-7-14(3-4-17(16)27-12)26-9-15-8-22-13(2)28-15/h3-4,7-8,21,24H,5-6,9-11H2,1-2H3,(H,23,25). The van der Waals surface area contributed by atoms with Crippen molar-refractivity contribution in [1.29, 1.82) is 0 Å². The highest BCUT2D eigenvalue weighted by molar-refractivity contribution is 7.11. The number of amides is 1. The molecule has 1 aliphatic rings. The second kappa shape index (κ2) is 7.54. The second-order valence-electron chi connectivity index (χ2n) is 7.14. The number of nitrogens with zero attached hydrogens (tertiary/aromatic N) is 1. The second-order valence-corrected chi connectivity index (χ2v) is 8.46. The predicted molar refractivity (Wildman–Crippen MR) is 107 cm³/mol. The zero-order valence-electron chi connectivity index (χ0n) is 15.9. The van der Waals surface area contributed by atoms with Gasteiger partial charge >= 0.3 is 0 Å². The molecule has 0 radical (unpaired) electrons. The summed E-state index contributed by atoms with van der Waals surface area (Å²) in [7, 11) is 0. The van der Waals surface area contributed by atoms with Crippen molar-refractivity contribution in [2.75, 3.05) is 19.7 Å². The number of aromatic nitrogens is 1. The molecule has 0 spiro atoms. The zero-order valence-corrected chi connectivity index (χ0v) is 16.7. The van der Waals surface area contributed by atoms with E-state index in [1.807, 2.05) is 31.3 Å². The first-order valence-electron chi connectivity index (χ1n) is 9.21. The van der Waals surface area contributed by atoms with E-state index in [2.05, 4.69) is 15.6 Å². The predicted octanol–water partition coefficient (Wildman–Crippen LogP) is 2.54. The quantitative estimate of drug-likeness (QED) is 0.587. The molecule has 1 fully saturated rings. The molecule has 3 N–H and O–H groups in total. The monoisotopic (exact) mass is 401 g/mol. The van der Waals surface area contributed by atoms with Gasteiger partial charge in [-0.15, -0.1) is 11.3 Å². The van der Waals surface area contributed by atoms with Gasteiger partial charge in [0.25, 0.3) is 5.91 Å². The molecule has 3 heterocycles. The van der Waals surface area contributed by atoms with Gasteiger partial charge in [-0.2, -0.15) is 0 Å². The van der Waals surface area contributed by atoms with Crippen LogP contribution in [-0.2, 0) is 6.61 Å². The summed E-state index contributed by atoms with van der Waals surface area (Å²) in [5, 5.41) is 17.7. The Balaban J connectivity index is 1.58. The van der Waals surface area contributed by atoms with Crippen molar-refractivity contribution in [3.63, 3.8) is 0 Å². The van der Waals surface area contributed by atoms with Crippen LogP contribution in [0.15, 0.2) is 28.8 Å². The third-order valence-corrected chi connectivity index (χ3v) is 5.92. The average Bonchev–Trinajstić information content (AvgIpc) is 3.38. The zero-order chi connectivity index (χ0) is 19.7. The molecule has 148 valence electrons. The van der Waals surface area contributed by atoms with Crippen molar-refractivity contribution >= 4 is 28.2 Å². The number of nitrogens with one attached hydrogen (secondary N) is 2. The van der Waals surface area contributed by atoms with Crippen LogP contribution in [0.25, 0.3) is 11.0 Å². The van der Waals surface area contributed by atoms with Gasteiger partial charge in [-0.05, 0) is 45.0 Å². The number of benzene rings is 1. The maximum atomic E-state index is 13.0. The maximum Gasteiger partial charge on any atom is 0.256 e. The van der Waals surface area contributed by atoms with E-state index in [9.17, 15) is 9.90 Å². The Hall–Kier alpha value is -2.42. The minimum Gasteiger partial charge on any atom is -0.488 e. The highest BCUT2D eigenvalue weighted by Crippen LogP contribution is 2.30. The first-order chi connectivity index (χ1) is 13.5.